The van der Waals surface area contributed by atoms with E-state index >= 15 is 0 Å². The molecule has 27 heavy (non-hydrogen) atoms. The Morgan fingerprint density at radius 2 is 0.815 bits per heavy atom. The van der Waals surface area contributed by atoms with Gasteiger partial charge in [0.25, 0.3) is 0 Å². The van der Waals surface area contributed by atoms with Crippen LogP contribution in [0.1, 0.15) is 25.7 Å². The molecular weight excluding hydrogens is 481 g/mol. The minimum Gasteiger partial charge on any atom is -0.550 e. The molecule has 0 aliphatic heterocycles. The summed E-state index contributed by atoms with van der Waals surface area (Å²) in [5, 5.41) is 71.0. The van der Waals surface area contributed by atoms with Crippen molar-refractivity contribution < 1.29 is 96.9 Å². The van der Waals surface area contributed by atoms with Crippen molar-refractivity contribution in [3.8, 4) is 0 Å². The van der Waals surface area contributed by atoms with Gasteiger partial charge in [-0.1, -0.05) is 0 Å². The second-order valence-electron chi connectivity index (χ2n) is 4.91. The van der Waals surface area contributed by atoms with Gasteiger partial charge < -0.3 is 50.4 Å². The van der Waals surface area contributed by atoms with Gasteiger partial charge in [-0.25, -0.2) is 9.59 Å². The largest absolute Gasteiger partial charge is 2.00 e. The summed E-state index contributed by atoms with van der Waals surface area (Å²) in [6.45, 7) is 0. The predicted octanol–water partition coefficient (Wildman–Crippen LogP) is -5.17. The van der Waals surface area contributed by atoms with Crippen LogP contribution in [0.25, 0.3) is 0 Å². The van der Waals surface area contributed by atoms with E-state index in [2.05, 4.69) is 0 Å². The fraction of sp³-hybridized carbons (Fsp3) is 0.500. The first-order valence-electron chi connectivity index (χ1n) is 6.30. The predicted molar refractivity (Wildman–Crippen MR) is 68.9 cm³/mol. The molecule has 0 unspecified atom stereocenters. The summed E-state index contributed by atoms with van der Waals surface area (Å²) in [4.78, 5) is 60.7. The van der Waals surface area contributed by atoms with Gasteiger partial charge >= 0.3 is 51.2 Å². The molecule has 0 aromatic heterocycles. The van der Waals surface area contributed by atoms with E-state index in [0.29, 0.717) is 0 Å². The molecule has 0 fully saturated rings. The molecule has 0 saturated carbocycles. The van der Waals surface area contributed by atoms with Crippen molar-refractivity contribution in [2.75, 3.05) is 0 Å². The summed E-state index contributed by atoms with van der Waals surface area (Å²) >= 11 is 0. The number of hydrogen-bond donors (Lipinski definition) is 6. The third kappa shape index (κ3) is 12.6. The number of carboxylic acid groups (broad SMARTS) is 6. The zero-order chi connectivity index (χ0) is 21.3. The quantitative estimate of drug-likeness (QED) is 0.155. The van der Waals surface area contributed by atoms with E-state index in [4.69, 9.17) is 30.6 Å². The van der Waals surface area contributed by atoms with Gasteiger partial charge in [-0.05, 0) is 0 Å². The van der Waals surface area contributed by atoms with Crippen LogP contribution in [0.15, 0.2) is 0 Å². The molecule has 0 spiro atoms. The standard InChI is InChI=1S/2C6H8O7.Cd/c2*7-3(8)1-6(13,5(11)12)2-4(9)10;/h2*13H,1-2H2,(H,7,8)(H,9,10)(H,11,12);/q;;+2/p-2. The molecule has 15 heteroatoms. The molecular formula is C12H14CdO14. The molecule has 0 atom stereocenters. The van der Waals surface area contributed by atoms with Gasteiger partial charge in [-0.3, -0.25) is 9.59 Å². The number of aliphatic hydroxyl groups is 2. The first-order chi connectivity index (χ1) is 11.6. The maximum Gasteiger partial charge on any atom is 2.00 e. The number of carboxylic acids is 6. The van der Waals surface area contributed by atoms with Crippen molar-refractivity contribution in [2.45, 2.75) is 36.9 Å². The van der Waals surface area contributed by atoms with Gasteiger partial charge in [0.15, 0.2) is 11.2 Å². The zero-order valence-corrected chi connectivity index (χ0v) is 17.5. The van der Waals surface area contributed by atoms with E-state index in [-0.39, 0.29) is 27.3 Å². The van der Waals surface area contributed by atoms with Crippen LogP contribution >= 0.6 is 0 Å². The Balaban J connectivity index is -0.000000411. The molecule has 0 saturated heterocycles. The Hall–Kier alpha value is -2.34. The Morgan fingerprint density at radius 1 is 0.593 bits per heavy atom. The number of rotatable bonds is 10. The smallest absolute Gasteiger partial charge is 0.550 e. The summed E-state index contributed by atoms with van der Waals surface area (Å²) in [5.74, 6) is -10.7. The van der Waals surface area contributed by atoms with Crippen LogP contribution in [-0.2, 0) is 56.1 Å². The first-order valence-corrected chi connectivity index (χ1v) is 6.30. The minimum absolute atomic E-state index is 0. The average Bonchev–Trinajstić information content (AvgIpc) is 2.34. The fourth-order valence-corrected chi connectivity index (χ4v) is 1.41. The summed E-state index contributed by atoms with van der Waals surface area (Å²) in [6, 6.07) is 0. The van der Waals surface area contributed by atoms with Crippen LogP contribution in [-0.4, -0.2) is 77.7 Å². The van der Waals surface area contributed by atoms with E-state index in [0.717, 1.165) is 0 Å². The maximum absolute atomic E-state index is 10.3. The molecule has 0 aromatic rings. The molecule has 14 nitrogen and oxygen atoms in total. The molecule has 6 N–H and O–H groups in total. The summed E-state index contributed by atoms with van der Waals surface area (Å²) in [7, 11) is 0. The number of hydrogen-bond acceptors (Lipinski definition) is 10. The molecule has 0 aliphatic rings. The van der Waals surface area contributed by atoms with Crippen molar-refractivity contribution in [3.63, 3.8) is 0 Å². The van der Waals surface area contributed by atoms with Crippen LogP contribution in [0.4, 0.5) is 0 Å². The first kappa shape index (κ1) is 29.4. The van der Waals surface area contributed by atoms with Gasteiger partial charge in [-0.2, -0.15) is 0 Å². The van der Waals surface area contributed by atoms with Crippen LogP contribution in [0.3, 0.4) is 0 Å². The second-order valence-corrected chi connectivity index (χ2v) is 4.91. The third-order valence-corrected chi connectivity index (χ3v) is 2.56. The van der Waals surface area contributed by atoms with Gasteiger partial charge in [0.2, 0.25) is 0 Å². The second kappa shape index (κ2) is 12.1. The topological polar surface area (TPSA) is 270 Å². The molecule has 0 bridgehead atoms. The van der Waals surface area contributed by atoms with Crippen LogP contribution in [0.5, 0.6) is 0 Å². The Morgan fingerprint density at radius 3 is 0.963 bits per heavy atom. The minimum atomic E-state index is -2.86. The van der Waals surface area contributed by atoms with E-state index < -0.39 is 72.7 Å². The summed E-state index contributed by atoms with van der Waals surface area (Å²) < 4.78 is 0. The van der Waals surface area contributed by atoms with E-state index in [1.54, 1.807) is 0 Å². The van der Waals surface area contributed by atoms with Gasteiger partial charge in [0.05, 0.1) is 12.8 Å². The fourth-order valence-electron chi connectivity index (χ4n) is 1.41. The van der Waals surface area contributed by atoms with E-state index in [9.17, 15) is 39.0 Å². The van der Waals surface area contributed by atoms with Gasteiger partial charge in [-0.15, -0.1) is 0 Å². The zero-order valence-electron chi connectivity index (χ0n) is 13.5. The normalized spacial score (nSPS) is 10.4. The Labute approximate surface area is 169 Å². The van der Waals surface area contributed by atoms with Crippen LogP contribution in [0, 0.1) is 0 Å². The molecule has 0 amide bonds. The number of carbonyl (C=O) groups is 6. The Kier molecular flexibility index (Phi) is 13.2. The molecule has 0 aliphatic carbocycles. The van der Waals surface area contributed by atoms with E-state index in [1.165, 1.54) is 0 Å². The van der Waals surface area contributed by atoms with Crippen LogP contribution < -0.4 is 10.2 Å². The van der Waals surface area contributed by atoms with Gasteiger partial charge in [0.1, 0.15) is 0 Å². The maximum atomic E-state index is 10.3. The number of carbonyl (C=O) groups excluding carboxylic acids is 2. The van der Waals surface area contributed by atoms with Gasteiger partial charge in [0, 0.05) is 24.8 Å². The molecule has 0 aromatic carbocycles. The average molecular weight is 495 g/mol. The molecule has 0 radical (unpaired) electrons. The molecule has 148 valence electrons. The molecule has 0 heterocycles. The van der Waals surface area contributed by atoms with Crippen molar-refractivity contribution >= 4 is 35.8 Å². The van der Waals surface area contributed by atoms with Crippen molar-refractivity contribution in [1.29, 1.82) is 0 Å². The monoisotopic (exact) mass is 496 g/mol. The molecule has 0 rings (SSSR count). The van der Waals surface area contributed by atoms with E-state index in [1.807, 2.05) is 0 Å². The van der Waals surface area contributed by atoms with Crippen molar-refractivity contribution in [1.82, 2.24) is 0 Å². The SMILES string of the molecule is O=C(O)CC(O)(CC(=O)O)C(=O)O.O=C([O-])CC(O)(CC(=O)[O-])C(=O)O.[Cd+2]. The third-order valence-electron chi connectivity index (χ3n) is 2.56. The summed E-state index contributed by atoms with van der Waals surface area (Å²) in [6.07, 6.45) is -4.88. The van der Waals surface area contributed by atoms with Crippen molar-refractivity contribution in [3.05, 3.63) is 0 Å². The van der Waals surface area contributed by atoms with Crippen LogP contribution in [0.2, 0.25) is 0 Å². The number of aliphatic carboxylic acids is 6. The Bertz CT molecular complexity index is 513. The summed E-state index contributed by atoms with van der Waals surface area (Å²) in [5.41, 5.74) is -5.60. The van der Waals surface area contributed by atoms with Crippen molar-refractivity contribution in [2.24, 2.45) is 0 Å².